The van der Waals surface area contributed by atoms with Crippen LogP contribution in [0.1, 0.15) is 35.6 Å². The monoisotopic (exact) mass is 349 g/mol. The maximum absolute atomic E-state index is 11.9. The molecule has 0 spiro atoms. The van der Waals surface area contributed by atoms with Crippen LogP contribution in [0.4, 0.5) is 0 Å². The predicted molar refractivity (Wildman–Crippen MR) is 92.2 cm³/mol. The van der Waals surface area contributed by atoms with Gasteiger partial charge in [0.2, 0.25) is 0 Å². The Morgan fingerprint density at radius 3 is 2.86 bits per heavy atom. The van der Waals surface area contributed by atoms with Crippen LogP contribution in [0.15, 0.2) is 34.1 Å². The van der Waals surface area contributed by atoms with Gasteiger partial charge in [-0.3, -0.25) is 4.79 Å². The molecule has 5 atom stereocenters. The second-order valence-corrected chi connectivity index (χ2v) is 9.31. The summed E-state index contributed by atoms with van der Waals surface area (Å²) in [5.74, 6) is 2.56. The van der Waals surface area contributed by atoms with Crippen molar-refractivity contribution >= 4 is 34.7 Å². The van der Waals surface area contributed by atoms with Crippen LogP contribution < -0.4 is 4.87 Å². The van der Waals surface area contributed by atoms with Crippen molar-refractivity contribution < 1.29 is 0 Å². The third kappa shape index (κ3) is 1.84. The minimum Gasteiger partial charge on any atom is -0.307 e. The quantitative estimate of drug-likeness (QED) is 0.806. The van der Waals surface area contributed by atoms with Gasteiger partial charge in [0.15, 0.2) is 0 Å². The summed E-state index contributed by atoms with van der Waals surface area (Å²) in [5.41, 5.74) is 1.21. The van der Waals surface area contributed by atoms with Gasteiger partial charge in [-0.2, -0.15) is 0 Å². The van der Waals surface area contributed by atoms with Crippen LogP contribution >= 0.6 is 34.7 Å². The lowest BCUT2D eigenvalue weighted by molar-refractivity contribution is 0.307. The fourth-order valence-electron chi connectivity index (χ4n) is 4.92. The number of aromatic nitrogens is 1. The van der Waals surface area contributed by atoms with Gasteiger partial charge < -0.3 is 4.98 Å². The summed E-state index contributed by atoms with van der Waals surface area (Å²) in [6.07, 6.45) is 4.07. The maximum atomic E-state index is 11.9. The van der Waals surface area contributed by atoms with Crippen molar-refractivity contribution in [1.82, 2.24) is 4.98 Å². The Morgan fingerprint density at radius 2 is 2.00 bits per heavy atom. The number of aromatic amines is 1. The van der Waals surface area contributed by atoms with E-state index in [-0.39, 0.29) is 4.87 Å². The van der Waals surface area contributed by atoms with Gasteiger partial charge in [-0.1, -0.05) is 41.1 Å². The zero-order valence-corrected chi connectivity index (χ0v) is 14.3. The molecular weight excluding hydrogens is 334 g/mol. The van der Waals surface area contributed by atoms with E-state index in [1.54, 1.807) is 0 Å². The molecule has 0 radical (unpaired) electrons. The van der Waals surface area contributed by atoms with Gasteiger partial charge in [0.1, 0.15) is 0 Å². The SMILES string of the molecule is O=c1[nH]c2c(s1)[C@H](c1ccccc1Cl)[C@H]1[C@@H]3CC[C@H](C3)[C@@H]1S2. The van der Waals surface area contributed by atoms with E-state index in [4.69, 9.17) is 11.6 Å². The van der Waals surface area contributed by atoms with Gasteiger partial charge in [0, 0.05) is 21.1 Å². The molecule has 0 saturated heterocycles. The fraction of sp³-hybridized carbons (Fsp3) is 0.471. The van der Waals surface area contributed by atoms with E-state index in [1.807, 2.05) is 23.9 Å². The first kappa shape index (κ1) is 13.7. The lowest BCUT2D eigenvalue weighted by Gasteiger charge is -2.40. The molecule has 1 aliphatic heterocycles. The molecular formula is C17H16ClNOS2. The summed E-state index contributed by atoms with van der Waals surface area (Å²) in [6, 6.07) is 8.19. The summed E-state index contributed by atoms with van der Waals surface area (Å²) in [6.45, 7) is 0. The molecule has 3 aliphatic rings. The van der Waals surface area contributed by atoms with Gasteiger partial charge in [-0.15, -0.1) is 11.8 Å². The van der Waals surface area contributed by atoms with Crippen LogP contribution in [-0.2, 0) is 0 Å². The van der Waals surface area contributed by atoms with E-state index in [2.05, 4.69) is 17.1 Å². The van der Waals surface area contributed by atoms with E-state index < -0.39 is 0 Å². The summed E-state index contributed by atoms with van der Waals surface area (Å²) in [4.78, 5) is 16.3. The minimum atomic E-state index is 0.0712. The highest BCUT2D eigenvalue weighted by Crippen LogP contribution is 2.64. The highest BCUT2D eigenvalue weighted by Gasteiger charge is 2.54. The van der Waals surface area contributed by atoms with E-state index in [1.165, 1.54) is 41.0 Å². The smallest absolute Gasteiger partial charge is 0.305 e. The number of thiazole rings is 1. The highest BCUT2D eigenvalue weighted by molar-refractivity contribution is 8.00. The van der Waals surface area contributed by atoms with Crippen molar-refractivity contribution in [2.24, 2.45) is 17.8 Å². The lowest BCUT2D eigenvalue weighted by atomic mass is 9.75. The average molecular weight is 350 g/mol. The van der Waals surface area contributed by atoms with Crippen molar-refractivity contribution in [3.8, 4) is 0 Å². The van der Waals surface area contributed by atoms with E-state index in [9.17, 15) is 4.79 Å². The molecule has 5 heteroatoms. The molecule has 2 aliphatic carbocycles. The molecule has 114 valence electrons. The molecule has 1 aromatic carbocycles. The zero-order valence-electron chi connectivity index (χ0n) is 11.9. The van der Waals surface area contributed by atoms with Crippen LogP contribution in [-0.4, -0.2) is 10.2 Å². The topological polar surface area (TPSA) is 32.9 Å². The molecule has 22 heavy (non-hydrogen) atoms. The van der Waals surface area contributed by atoms with E-state index in [0.717, 1.165) is 21.9 Å². The molecule has 0 amide bonds. The molecule has 2 nitrogen and oxygen atoms in total. The number of hydrogen-bond acceptors (Lipinski definition) is 3. The number of fused-ring (bicyclic) bond motifs is 6. The normalized spacial score (nSPS) is 35.4. The highest BCUT2D eigenvalue weighted by atomic mass is 35.5. The van der Waals surface area contributed by atoms with Gasteiger partial charge in [-0.05, 0) is 48.6 Å². The number of benzene rings is 1. The van der Waals surface area contributed by atoms with Crippen molar-refractivity contribution in [3.05, 3.63) is 49.4 Å². The molecule has 1 N–H and O–H groups in total. The van der Waals surface area contributed by atoms with Crippen molar-refractivity contribution in [2.75, 3.05) is 0 Å². The van der Waals surface area contributed by atoms with Crippen molar-refractivity contribution in [1.29, 1.82) is 0 Å². The summed E-state index contributed by atoms with van der Waals surface area (Å²) >= 11 is 9.85. The number of hydrogen-bond donors (Lipinski definition) is 1. The first-order valence-corrected chi connectivity index (χ1v) is 9.94. The Labute approximate surface area is 142 Å². The van der Waals surface area contributed by atoms with Crippen LogP contribution in [0, 0.1) is 17.8 Å². The van der Waals surface area contributed by atoms with Gasteiger partial charge >= 0.3 is 4.87 Å². The molecule has 2 heterocycles. The Balaban J connectivity index is 1.72. The van der Waals surface area contributed by atoms with E-state index in [0.29, 0.717) is 17.1 Å². The molecule has 2 fully saturated rings. The van der Waals surface area contributed by atoms with Crippen LogP contribution in [0.2, 0.25) is 5.02 Å². The predicted octanol–water partition coefficient (Wildman–Crippen LogP) is 4.74. The molecule has 2 aromatic rings. The Hall–Kier alpha value is -0.710. The number of thioether (sulfide) groups is 1. The van der Waals surface area contributed by atoms with Gasteiger partial charge in [-0.25, -0.2) is 0 Å². The summed E-state index contributed by atoms with van der Waals surface area (Å²) in [7, 11) is 0. The van der Waals surface area contributed by atoms with Gasteiger partial charge in [0.05, 0.1) is 5.03 Å². The Bertz CT molecular complexity index is 798. The van der Waals surface area contributed by atoms with Crippen molar-refractivity contribution in [3.63, 3.8) is 0 Å². The fourth-order valence-corrected chi connectivity index (χ4v) is 8.06. The minimum absolute atomic E-state index is 0.0712. The molecule has 2 saturated carbocycles. The number of nitrogens with one attached hydrogen (secondary N) is 1. The number of halogens is 1. The summed E-state index contributed by atoms with van der Waals surface area (Å²) in [5, 5.41) is 2.60. The third-order valence-electron chi connectivity index (χ3n) is 5.71. The Kier molecular flexibility index (Phi) is 3.05. The summed E-state index contributed by atoms with van der Waals surface area (Å²) < 4.78 is 0. The van der Waals surface area contributed by atoms with Crippen molar-refractivity contribution in [2.45, 2.75) is 35.5 Å². The van der Waals surface area contributed by atoms with Gasteiger partial charge in [0.25, 0.3) is 0 Å². The van der Waals surface area contributed by atoms with Crippen LogP contribution in [0.5, 0.6) is 0 Å². The molecule has 2 bridgehead atoms. The second kappa shape index (κ2) is 4.89. The molecule has 5 rings (SSSR count). The molecule has 1 aromatic heterocycles. The molecule has 0 unspecified atom stereocenters. The zero-order chi connectivity index (χ0) is 14.8. The number of rotatable bonds is 1. The lowest BCUT2D eigenvalue weighted by Crippen LogP contribution is -2.33. The van der Waals surface area contributed by atoms with Crippen LogP contribution in [0.3, 0.4) is 0 Å². The largest absolute Gasteiger partial charge is 0.307 e. The average Bonchev–Trinajstić information content (AvgIpc) is 3.19. The number of H-pyrrole nitrogens is 1. The first-order valence-electron chi connectivity index (χ1n) is 7.86. The second-order valence-electron chi connectivity index (χ2n) is 6.70. The third-order valence-corrected chi connectivity index (χ3v) is 8.67. The van der Waals surface area contributed by atoms with Crippen LogP contribution in [0.25, 0.3) is 0 Å². The van der Waals surface area contributed by atoms with E-state index >= 15 is 0 Å². The maximum Gasteiger partial charge on any atom is 0.305 e. The Morgan fingerprint density at radius 1 is 1.18 bits per heavy atom. The first-order chi connectivity index (χ1) is 10.7. The standard InChI is InChI=1S/C17H16ClNOS2/c18-11-4-2-1-3-10(11)13-12-8-5-6-9(7-8)14(12)21-16-15(13)22-17(20)19-16/h1-4,8-9,12-14H,5-7H2,(H,19,20)/t8-,9-,12-,13-,14+/m1/s1.